The van der Waals surface area contributed by atoms with Crippen molar-refractivity contribution in [3.8, 4) is 16.5 Å². The lowest BCUT2D eigenvalue weighted by Gasteiger charge is -2.33. The van der Waals surface area contributed by atoms with Crippen molar-refractivity contribution >= 4 is 63.9 Å². The molecule has 1 saturated heterocycles. The van der Waals surface area contributed by atoms with Gasteiger partial charge >= 0.3 is 12.1 Å². The highest BCUT2D eigenvalue weighted by Gasteiger charge is 2.47. The van der Waals surface area contributed by atoms with E-state index in [1.807, 2.05) is 17.5 Å². The smallest absolute Gasteiger partial charge is 0.408 e. The highest BCUT2D eigenvalue weighted by molar-refractivity contribution is 7.13. The number of ketones is 1. The zero-order valence-electron chi connectivity index (χ0n) is 27.5. The van der Waals surface area contributed by atoms with Crippen molar-refractivity contribution in [2.75, 3.05) is 0 Å². The van der Waals surface area contributed by atoms with E-state index in [0.717, 1.165) is 29.0 Å². The van der Waals surface area contributed by atoms with E-state index in [9.17, 15) is 24.3 Å². The Kier molecular flexibility index (Phi) is 10.0. The normalized spacial score (nSPS) is 24.0. The lowest BCUT2D eigenvalue weighted by molar-refractivity contribution is -0.142. The Labute approximate surface area is 292 Å². The molecule has 4 heterocycles. The fourth-order valence-corrected chi connectivity index (χ4v) is 7.04. The van der Waals surface area contributed by atoms with Gasteiger partial charge in [-0.1, -0.05) is 24.1 Å². The Morgan fingerprint density at radius 3 is 2.63 bits per heavy atom. The summed E-state index contributed by atoms with van der Waals surface area (Å²) < 4.78 is 12.0. The number of aliphatic carboxylic acids is 1. The molecule has 1 fully saturated rings. The molecular weight excluding hydrogens is 670 g/mol. The first-order valence-corrected chi connectivity index (χ1v) is 17.6. The van der Waals surface area contributed by atoms with Crippen LogP contribution in [0.4, 0.5) is 4.79 Å². The number of benzene rings is 1. The standard InChI is InChI=1S/C35H38ClN5O7S/c1-35(2,3)48-34(46)40-23-8-5-4-7-19-15-24(19)37-18-26-21(33(44)45)17-29(43)41(26)30(13-12-27(23)42)47-32-31(28-9-6-14-49-28)38-22-11-10-20(36)16-25(22)39-32/h6,9-11,14,16,18,21,23,26,30H,4-5,7-8,12-13,15,17H2,1-3H3,(H,40,46)(H,44,45)/b37-18-/t21-,23-,26+,30+/m0/s1. The van der Waals surface area contributed by atoms with E-state index >= 15 is 0 Å². The predicted octanol–water partition coefficient (Wildman–Crippen LogP) is 6.56. The number of hydrogen-bond acceptors (Lipinski definition) is 10. The number of fused-ring (bicyclic) bond motifs is 2. The van der Waals surface area contributed by atoms with Gasteiger partial charge in [0.25, 0.3) is 0 Å². The molecule has 6 rings (SSSR count). The van der Waals surface area contributed by atoms with Crippen molar-refractivity contribution in [2.45, 2.75) is 96.1 Å². The SMILES string of the molecule is CC(C)(C)OC(=O)N[C@H]1CCCCC2=C(C2)/N=C\[C@@H]2[C@@H](C(=O)O)CC(=O)N2[C@H](Oc2nc3cc(Cl)ccc3nc2-c2cccs2)CCC1=O. The number of rotatable bonds is 5. The van der Waals surface area contributed by atoms with E-state index in [4.69, 9.17) is 31.0 Å². The number of thiophene rings is 1. The number of allylic oxidation sites excluding steroid dienone is 2. The molecule has 0 spiro atoms. The van der Waals surface area contributed by atoms with Gasteiger partial charge in [-0.25, -0.2) is 14.8 Å². The van der Waals surface area contributed by atoms with Gasteiger partial charge in [-0.3, -0.25) is 24.3 Å². The molecule has 0 unspecified atom stereocenters. The van der Waals surface area contributed by atoms with Gasteiger partial charge in [0.1, 0.15) is 11.3 Å². The number of alkyl carbamates (subject to hydrolysis) is 1. The van der Waals surface area contributed by atoms with Crippen molar-refractivity contribution in [2.24, 2.45) is 10.9 Å². The third-order valence-corrected chi connectivity index (χ3v) is 9.74. The van der Waals surface area contributed by atoms with Crippen molar-refractivity contribution in [3.05, 3.63) is 52.0 Å². The van der Waals surface area contributed by atoms with E-state index < -0.39 is 47.8 Å². The second kappa shape index (κ2) is 14.2. The van der Waals surface area contributed by atoms with Crippen LogP contribution in [-0.2, 0) is 19.1 Å². The number of halogens is 1. The van der Waals surface area contributed by atoms with Crippen LogP contribution >= 0.6 is 22.9 Å². The van der Waals surface area contributed by atoms with Crippen LogP contribution in [0.3, 0.4) is 0 Å². The Balaban J connectivity index is 1.39. The molecule has 3 aliphatic rings. The van der Waals surface area contributed by atoms with Crippen molar-refractivity contribution < 1.29 is 33.8 Å². The zero-order chi connectivity index (χ0) is 34.9. The molecule has 2 aromatic heterocycles. The third kappa shape index (κ3) is 8.27. The van der Waals surface area contributed by atoms with Crippen LogP contribution in [-0.4, -0.2) is 73.9 Å². The van der Waals surface area contributed by atoms with E-state index in [1.165, 1.54) is 22.5 Å². The number of nitrogens with zero attached hydrogens (tertiary/aromatic N) is 4. The lowest BCUT2D eigenvalue weighted by atomic mass is 9.99. The molecule has 0 bridgehead atoms. The average Bonchev–Trinajstić information content (AvgIpc) is 3.38. The van der Waals surface area contributed by atoms with Crippen LogP contribution in [0.1, 0.15) is 72.1 Å². The molecule has 0 radical (unpaired) electrons. The second-order valence-corrected chi connectivity index (χ2v) is 14.8. The van der Waals surface area contributed by atoms with Crippen LogP contribution in [0, 0.1) is 5.92 Å². The Bertz CT molecular complexity index is 1840. The molecule has 4 atom stereocenters. The van der Waals surface area contributed by atoms with E-state index in [1.54, 1.807) is 39.0 Å². The van der Waals surface area contributed by atoms with Gasteiger partial charge in [0, 0.05) is 42.6 Å². The molecule has 2 amide bonds. The monoisotopic (exact) mass is 707 g/mol. The molecule has 3 aromatic rings. The first-order chi connectivity index (χ1) is 23.4. The Hall–Kier alpha value is -4.36. The number of carboxylic acids is 1. The number of carboxylic acid groups (broad SMARTS) is 1. The van der Waals surface area contributed by atoms with Gasteiger partial charge in [-0.15, -0.1) is 11.3 Å². The third-order valence-electron chi connectivity index (χ3n) is 8.63. The van der Waals surface area contributed by atoms with Crippen LogP contribution in [0.15, 0.2) is 52.0 Å². The number of ether oxygens (including phenoxy) is 2. The molecule has 14 heteroatoms. The Morgan fingerprint density at radius 1 is 1.08 bits per heavy atom. The first kappa shape index (κ1) is 34.5. The Morgan fingerprint density at radius 2 is 1.90 bits per heavy atom. The molecule has 258 valence electrons. The summed E-state index contributed by atoms with van der Waals surface area (Å²) in [5, 5.41) is 15.2. The summed E-state index contributed by atoms with van der Waals surface area (Å²) >= 11 is 7.71. The molecule has 2 N–H and O–H groups in total. The fraction of sp³-hybridized carbons (Fsp3) is 0.457. The summed E-state index contributed by atoms with van der Waals surface area (Å²) in [6, 6.07) is 7.09. The van der Waals surface area contributed by atoms with Crippen LogP contribution in [0.5, 0.6) is 5.88 Å². The minimum Gasteiger partial charge on any atom is -0.481 e. The number of carbonyl (C=O) groups excluding carboxylic acids is 3. The second-order valence-electron chi connectivity index (χ2n) is 13.5. The van der Waals surface area contributed by atoms with E-state index in [2.05, 4.69) is 10.3 Å². The zero-order valence-corrected chi connectivity index (χ0v) is 29.1. The molecule has 1 aliphatic carbocycles. The number of aliphatic imine (C=N–C) groups is 1. The van der Waals surface area contributed by atoms with Crippen LogP contribution < -0.4 is 10.1 Å². The predicted molar refractivity (Wildman–Crippen MR) is 185 cm³/mol. The summed E-state index contributed by atoms with van der Waals surface area (Å²) in [7, 11) is 0. The van der Waals surface area contributed by atoms with E-state index in [-0.39, 0.29) is 30.9 Å². The average molecular weight is 708 g/mol. The maximum Gasteiger partial charge on any atom is 0.408 e. The van der Waals surface area contributed by atoms with Gasteiger partial charge in [-0.05, 0) is 75.3 Å². The molecule has 49 heavy (non-hydrogen) atoms. The lowest BCUT2D eigenvalue weighted by Crippen LogP contribution is -2.49. The van der Waals surface area contributed by atoms with E-state index in [0.29, 0.717) is 41.0 Å². The summed E-state index contributed by atoms with van der Waals surface area (Å²) in [6.45, 7) is 5.24. The van der Waals surface area contributed by atoms with Crippen molar-refractivity contribution in [1.29, 1.82) is 0 Å². The number of amides is 2. The van der Waals surface area contributed by atoms with Gasteiger partial charge in [0.05, 0.1) is 33.9 Å². The highest BCUT2D eigenvalue weighted by atomic mass is 35.5. The molecule has 2 aliphatic heterocycles. The maximum atomic E-state index is 13.8. The van der Waals surface area contributed by atoms with Gasteiger partial charge < -0.3 is 19.9 Å². The number of nitrogens with one attached hydrogen (secondary N) is 1. The van der Waals surface area contributed by atoms with Gasteiger partial charge in [0.15, 0.2) is 12.0 Å². The van der Waals surface area contributed by atoms with Crippen LogP contribution in [0.2, 0.25) is 5.02 Å². The minimum absolute atomic E-state index is 0.0131. The quantitative estimate of drug-likeness (QED) is 0.299. The van der Waals surface area contributed by atoms with Crippen molar-refractivity contribution in [1.82, 2.24) is 20.2 Å². The topological polar surface area (TPSA) is 160 Å². The van der Waals surface area contributed by atoms with Gasteiger partial charge in [-0.2, -0.15) is 0 Å². The molecular formula is C35H38ClN5O7S. The maximum absolute atomic E-state index is 13.8. The number of Topliss-reactive ketones (excluding diaryl/α,β-unsaturated/α-hetero) is 1. The molecule has 1 aromatic carbocycles. The molecule has 0 saturated carbocycles. The van der Waals surface area contributed by atoms with Crippen molar-refractivity contribution in [3.63, 3.8) is 0 Å². The highest BCUT2D eigenvalue weighted by Crippen LogP contribution is 2.39. The summed E-state index contributed by atoms with van der Waals surface area (Å²) in [6.07, 6.45) is 2.71. The van der Waals surface area contributed by atoms with Gasteiger partial charge in [0.2, 0.25) is 11.8 Å². The summed E-state index contributed by atoms with van der Waals surface area (Å²) in [5.41, 5.74) is 2.73. The van der Waals surface area contributed by atoms with Crippen LogP contribution in [0.25, 0.3) is 21.6 Å². The largest absolute Gasteiger partial charge is 0.481 e. The summed E-state index contributed by atoms with van der Waals surface area (Å²) in [4.78, 5) is 69.1. The number of aromatic nitrogens is 2. The minimum atomic E-state index is -1.13. The first-order valence-electron chi connectivity index (χ1n) is 16.4. The number of carbonyl (C=O) groups is 4. The summed E-state index contributed by atoms with van der Waals surface area (Å²) in [5.74, 6) is -2.82. The number of hydrogen-bond donors (Lipinski definition) is 2. The molecule has 12 nitrogen and oxygen atoms in total. The fourth-order valence-electron chi connectivity index (χ4n) is 6.17.